The van der Waals surface area contributed by atoms with E-state index < -0.39 is 51.1 Å². The molecule has 0 saturated carbocycles. The normalized spacial score (nSPS) is 12.5. The van der Waals surface area contributed by atoms with Crippen molar-refractivity contribution in [3.63, 3.8) is 0 Å². The molecule has 8 heteroatoms. The predicted octanol–water partition coefficient (Wildman–Crippen LogP) is 4.58. The van der Waals surface area contributed by atoms with Crippen molar-refractivity contribution in [1.29, 1.82) is 0 Å². The smallest absolute Gasteiger partial charge is 0.387 e. The quantitative estimate of drug-likeness (QED) is 0.554. The Morgan fingerprint density at radius 1 is 1.04 bits per heavy atom. The Labute approximate surface area is 137 Å². The maximum Gasteiger partial charge on any atom is 0.387 e. The standard InChI is InChI=1S/C16H13F5O2S/c1-2-10-11(17)15(13(19)12(18)14(10)23-16(20)21)24(22)8-9-6-4-3-5-7-9/h3-7,16H,2,8H2,1H3. The van der Waals surface area contributed by atoms with Crippen LogP contribution in [0.4, 0.5) is 22.0 Å². The first-order valence-corrected chi connectivity index (χ1v) is 8.25. The third-order valence-electron chi connectivity index (χ3n) is 3.26. The summed E-state index contributed by atoms with van der Waals surface area (Å²) in [5, 5.41) is 0. The van der Waals surface area contributed by atoms with E-state index in [0.29, 0.717) is 5.56 Å². The van der Waals surface area contributed by atoms with Crippen LogP contribution in [0.3, 0.4) is 0 Å². The van der Waals surface area contributed by atoms with Crippen molar-refractivity contribution in [3.05, 3.63) is 58.9 Å². The number of rotatable bonds is 6. The van der Waals surface area contributed by atoms with Crippen LogP contribution in [0.25, 0.3) is 0 Å². The van der Waals surface area contributed by atoms with Crippen molar-refractivity contribution in [2.24, 2.45) is 0 Å². The summed E-state index contributed by atoms with van der Waals surface area (Å²) >= 11 is 0. The van der Waals surface area contributed by atoms with Crippen molar-refractivity contribution >= 4 is 10.8 Å². The molecule has 24 heavy (non-hydrogen) atoms. The van der Waals surface area contributed by atoms with E-state index in [-0.39, 0.29) is 12.2 Å². The molecule has 0 aliphatic carbocycles. The summed E-state index contributed by atoms with van der Waals surface area (Å²) in [6.45, 7) is -2.08. The number of halogens is 5. The number of alkyl halides is 2. The summed E-state index contributed by atoms with van der Waals surface area (Å²) in [6, 6.07) is 8.20. The molecular formula is C16H13F5O2S. The fourth-order valence-corrected chi connectivity index (χ4v) is 3.44. The molecule has 0 fully saturated rings. The topological polar surface area (TPSA) is 26.3 Å². The molecule has 0 aliphatic heterocycles. The molecule has 0 aromatic heterocycles. The van der Waals surface area contributed by atoms with Crippen LogP contribution in [0.2, 0.25) is 0 Å². The SMILES string of the molecule is CCc1c(F)c(S(=O)Cc2ccccc2)c(F)c(F)c1OC(F)F. The molecule has 1 atom stereocenters. The van der Waals surface area contributed by atoms with Gasteiger partial charge in [-0.25, -0.2) is 8.78 Å². The summed E-state index contributed by atoms with van der Waals surface area (Å²) in [4.78, 5) is -0.977. The molecular weight excluding hydrogens is 351 g/mol. The Bertz CT molecular complexity index is 750. The zero-order valence-electron chi connectivity index (χ0n) is 12.5. The highest BCUT2D eigenvalue weighted by Crippen LogP contribution is 2.35. The fourth-order valence-electron chi connectivity index (χ4n) is 2.19. The van der Waals surface area contributed by atoms with E-state index >= 15 is 0 Å². The van der Waals surface area contributed by atoms with E-state index in [1.165, 1.54) is 6.92 Å². The summed E-state index contributed by atoms with van der Waals surface area (Å²) in [6.07, 6.45) is -0.235. The van der Waals surface area contributed by atoms with Gasteiger partial charge in [0, 0.05) is 5.56 Å². The van der Waals surface area contributed by atoms with E-state index in [9.17, 15) is 26.2 Å². The van der Waals surface area contributed by atoms with Crippen LogP contribution in [0.1, 0.15) is 18.1 Å². The first-order valence-electron chi connectivity index (χ1n) is 6.93. The number of hydrogen-bond acceptors (Lipinski definition) is 2. The molecule has 0 bridgehead atoms. The molecule has 2 aromatic rings. The van der Waals surface area contributed by atoms with Crippen LogP contribution in [-0.2, 0) is 23.0 Å². The maximum absolute atomic E-state index is 14.5. The average Bonchev–Trinajstić information content (AvgIpc) is 2.53. The van der Waals surface area contributed by atoms with Gasteiger partial charge in [0.25, 0.3) is 0 Å². The highest BCUT2D eigenvalue weighted by molar-refractivity contribution is 7.84. The average molecular weight is 364 g/mol. The maximum atomic E-state index is 14.5. The predicted molar refractivity (Wildman–Crippen MR) is 78.9 cm³/mol. The molecule has 2 rings (SSSR count). The van der Waals surface area contributed by atoms with Gasteiger partial charge in [-0.05, 0) is 12.0 Å². The lowest BCUT2D eigenvalue weighted by Crippen LogP contribution is -2.13. The van der Waals surface area contributed by atoms with Gasteiger partial charge in [0.15, 0.2) is 11.6 Å². The zero-order valence-corrected chi connectivity index (χ0v) is 13.3. The van der Waals surface area contributed by atoms with Gasteiger partial charge in [-0.3, -0.25) is 4.21 Å². The van der Waals surface area contributed by atoms with Gasteiger partial charge in [-0.1, -0.05) is 37.3 Å². The van der Waals surface area contributed by atoms with Crippen LogP contribution in [-0.4, -0.2) is 10.8 Å². The monoisotopic (exact) mass is 364 g/mol. The van der Waals surface area contributed by atoms with Crippen molar-refractivity contribution in [2.75, 3.05) is 0 Å². The third kappa shape index (κ3) is 3.75. The Morgan fingerprint density at radius 3 is 2.21 bits per heavy atom. The molecule has 0 aliphatic rings. The van der Waals surface area contributed by atoms with Crippen LogP contribution in [0, 0.1) is 17.5 Å². The van der Waals surface area contributed by atoms with E-state index in [1.807, 2.05) is 0 Å². The van der Waals surface area contributed by atoms with E-state index in [1.54, 1.807) is 30.3 Å². The van der Waals surface area contributed by atoms with Crippen LogP contribution in [0.5, 0.6) is 5.75 Å². The third-order valence-corrected chi connectivity index (χ3v) is 4.67. The number of hydrogen-bond donors (Lipinski definition) is 0. The van der Waals surface area contributed by atoms with Crippen molar-refractivity contribution in [2.45, 2.75) is 30.6 Å². The zero-order chi connectivity index (χ0) is 17.9. The van der Waals surface area contributed by atoms with Gasteiger partial charge in [-0.15, -0.1) is 0 Å². The molecule has 0 radical (unpaired) electrons. The molecule has 0 spiro atoms. The second kappa shape index (κ2) is 7.74. The van der Waals surface area contributed by atoms with E-state index in [2.05, 4.69) is 4.74 Å². The van der Waals surface area contributed by atoms with Crippen molar-refractivity contribution < 1.29 is 30.9 Å². The van der Waals surface area contributed by atoms with Gasteiger partial charge < -0.3 is 4.74 Å². The lowest BCUT2D eigenvalue weighted by Gasteiger charge is -2.15. The Hall–Kier alpha value is -1.96. The van der Waals surface area contributed by atoms with Crippen LogP contribution in [0.15, 0.2) is 35.2 Å². The minimum Gasteiger partial charge on any atom is -0.431 e. The van der Waals surface area contributed by atoms with E-state index in [4.69, 9.17) is 0 Å². The summed E-state index contributed by atoms with van der Waals surface area (Å²) in [5.41, 5.74) is -0.0494. The van der Waals surface area contributed by atoms with Crippen molar-refractivity contribution in [1.82, 2.24) is 0 Å². The Morgan fingerprint density at radius 2 is 1.67 bits per heavy atom. The van der Waals surface area contributed by atoms with Gasteiger partial charge in [0.2, 0.25) is 5.82 Å². The molecule has 0 N–H and O–H groups in total. The van der Waals surface area contributed by atoms with Gasteiger partial charge in [0.1, 0.15) is 10.7 Å². The highest BCUT2D eigenvalue weighted by atomic mass is 32.2. The lowest BCUT2D eigenvalue weighted by molar-refractivity contribution is -0.0534. The second-order valence-electron chi connectivity index (χ2n) is 4.79. The van der Waals surface area contributed by atoms with Crippen LogP contribution < -0.4 is 4.74 Å². The minimum absolute atomic E-state index is 0.235. The minimum atomic E-state index is -3.44. The molecule has 130 valence electrons. The first kappa shape index (κ1) is 18.4. The fraction of sp³-hybridized carbons (Fsp3) is 0.250. The lowest BCUT2D eigenvalue weighted by atomic mass is 10.1. The summed E-state index contributed by atoms with van der Waals surface area (Å²) in [5.74, 6) is -6.32. The second-order valence-corrected chi connectivity index (χ2v) is 6.17. The highest BCUT2D eigenvalue weighted by Gasteiger charge is 2.29. The van der Waals surface area contributed by atoms with Gasteiger partial charge >= 0.3 is 6.61 Å². The molecule has 1 unspecified atom stereocenters. The van der Waals surface area contributed by atoms with Crippen LogP contribution >= 0.6 is 0 Å². The van der Waals surface area contributed by atoms with Gasteiger partial charge in [0.05, 0.1) is 16.6 Å². The molecule has 0 amide bonds. The Kier molecular flexibility index (Phi) is 5.93. The molecule has 2 nitrogen and oxygen atoms in total. The summed E-state index contributed by atoms with van der Waals surface area (Å²) < 4.78 is 83.4. The first-order chi connectivity index (χ1) is 11.4. The molecule has 0 saturated heterocycles. The molecule has 0 heterocycles. The van der Waals surface area contributed by atoms with Crippen molar-refractivity contribution in [3.8, 4) is 5.75 Å². The Balaban J connectivity index is 2.50. The largest absolute Gasteiger partial charge is 0.431 e. The molecule has 2 aromatic carbocycles. The van der Waals surface area contributed by atoms with E-state index in [0.717, 1.165) is 0 Å². The van der Waals surface area contributed by atoms with Gasteiger partial charge in [-0.2, -0.15) is 13.2 Å². The summed E-state index contributed by atoms with van der Waals surface area (Å²) in [7, 11) is -2.23. The number of ether oxygens (including phenoxy) is 1. The number of benzene rings is 2.